The zero-order valence-corrected chi connectivity index (χ0v) is 18.1. The molecule has 3 aromatic heterocycles. The minimum absolute atomic E-state index is 0.0570. The largest absolute Gasteiger partial charge is 0.349 e. The Balaban J connectivity index is 1.44. The van der Waals surface area contributed by atoms with Crippen molar-refractivity contribution in [2.75, 3.05) is 18.0 Å². The summed E-state index contributed by atoms with van der Waals surface area (Å²) in [4.78, 5) is 21.3. The van der Waals surface area contributed by atoms with Gasteiger partial charge in [0.25, 0.3) is 5.91 Å². The number of hydrogen-bond acceptors (Lipinski definition) is 6. The van der Waals surface area contributed by atoms with E-state index in [0.717, 1.165) is 38.9 Å². The monoisotopic (exact) mass is 425 g/mol. The van der Waals surface area contributed by atoms with Crippen molar-refractivity contribution < 1.29 is 4.79 Å². The number of thiophene rings is 1. The third-order valence-corrected chi connectivity index (χ3v) is 7.01. The summed E-state index contributed by atoms with van der Waals surface area (Å²) in [5.74, 6) is -0.0570. The van der Waals surface area contributed by atoms with E-state index in [9.17, 15) is 4.79 Å². The minimum atomic E-state index is -0.0570. The van der Waals surface area contributed by atoms with Crippen molar-refractivity contribution in [1.29, 1.82) is 0 Å². The van der Waals surface area contributed by atoms with Crippen molar-refractivity contribution in [2.45, 2.75) is 26.9 Å². The van der Waals surface area contributed by atoms with Crippen molar-refractivity contribution in [3.8, 4) is 0 Å². The average Bonchev–Trinajstić information content (AvgIpc) is 3.45. The molecule has 8 heteroatoms. The van der Waals surface area contributed by atoms with E-state index in [1.54, 1.807) is 17.5 Å². The Morgan fingerprint density at radius 2 is 1.93 bits per heavy atom. The molecular formula is C21H23N5OS2. The Labute approximate surface area is 177 Å². The summed E-state index contributed by atoms with van der Waals surface area (Å²) in [5.41, 5.74) is 2.24. The molecule has 0 bridgehead atoms. The van der Waals surface area contributed by atoms with Crippen LogP contribution >= 0.6 is 22.7 Å². The zero-order chi connectivity index (χ0) is 20.2. The molecule has 4 rings (SSSR count). The molecule has 0 radical (unpaired) electrons. The van der Waals surface area contributed by atoms with Crippen LogP contribution in [0.1, 0.15) is 34.6 Å². The van der Waals surface area contributed by atoms with Crippen LogP contribution in [0.15, 0.2) is 48.8 Å². The number of hydrogen-bond donors (Lipinski definition) is 1. The number of carbonyl (C=O) groups is 1. The molecule has 0 fully saturated rings. The molecule has 0 spiro atoms. The molecule has 0 saturated carbocycles. The summed E-state index contributed by atoms with van der Waals surface area (Å²) in [6, 6.07) is 12.0. The predicted molar refractivity (Wildman–Crippen MR) is 120 cm³/mol. The van der Waals surface area contributed by atoms with Crippen molar-refractivity contribution in [2.24, 2.45) is 0 Å². The maximum absolute atomic E-state index is 12.7. The van der Waals surface area contributed by atoms with Gasteiger partial charge in [-0.1, -0.05) is 35.6 Å². The number of fused-ring (bicyclic) bond motifs is 1. The van der Waals surface area contributed by atoms with Crippen LogP contribution in [0.25, 0.3) is 9.53 Å². The van der Waals surface area contributed by atoms with Crippen LogP contribution in [0.2, 0.25) is 0 Å². The van der Waals surface area contributed by atoms with Gasteiger partial charge in [0, 0.05) is 32.0 Å². The highest BCUT2D eigenvalue weighted by molar-refractivity contribution is 7.29. The van der Waals surface area contributed by atoms with E-state index in [-0.39, 0.29) is 5.91 Å². The third-order valence-electron chi connectivity index (χ3n) is 4.79. The first kappa shape index (κ1) is 19.6. The zero-order valence-electron chi connectivity index (χ0n) is 16.5. The highest BCUT2D eigenvalue weighted by Crippen LogP contribution is 2.34. The van der Waals surface area contributed by atoms with Gasteiger partial charge in [0.15, 0.2) is 5.13 Å². The number of amides is 1. The number of thiazole rings is 1. The fourth-order valence-electron chi connectivity index (χ4n) is 3.18. The van der Waals surface area contributed by atoms with E-state index in [2.05, 4.69) is 35.2 Å². The summed E-state index contributed by atoms with van der Waals surface area (Å²) in [6.07, 6.45) is 3.71. The number of nitrogens with zero attached hydrogens (tertiary/aromatic N) is 4. The number of carbonyl (C=O) groups excluding carboxylic acids is 1. The van der Waals surface area contributed by atoms with E-state index in [4.69, 9.17) is 4.98 Å². The van der Waals surface area contributed by atoms with E-state index in [0.29, 0.717) is 18.0 Å². The van der Waals surface area contributed by atoms with Crippen LogP contribution in [0, 0.1) is 0 Å². The van der Waals surface area contributed by atoms with Gasteiger partial charge in [0.1, 0.15) is 4.83 Å². The van der Waals surface area contributed by atoms with E-state index < -0.39 is 0 Å². The SMILES string of the molecule is CCN(CC)c1nc2sc(C(=O)NCc3ccccc3Cn3cccn3)cc2s1. The quantitative estimate of drug-likeness (QED) is 0.455. The lowest BCUT2D eigenvalue weighted by atomic mass is 10.1. The number of rotatable bonds is 8. The molecule has 0 aliphatic heterocycles. The van der Waals surface area contributed by atoms with Gasteiger partial charge < -0.3 is 10.2 Å². The fourth-order valence-corrected chi connectivity index (χ4v) is 5.44. The summed E-state index contributed by atoms with van der Waals surface area (Å²) >= 11 is 3.10. The Morgan fingerprint density at radius 3 is 2.62 bits per heavy atom. The average molecular weight is 426 g/mol. The Morgan fingerprint density at radius 1 is 1.14 bits per heavy atom. The normalized spacial score (nSPS) is 11.1. The maximum Gasteiger partial charge on any atom is 0.261 e. The standard InChI is InChI=1S/C21H23N5OS2/c1-3-25(4-2)21-24-20-18(29-21)12-17(28-20)19(27)22-13-15-8-5-6-9-16(15)14-26-11-7-10-23-26/h5-12H,3-4,13-14H2,1-2H3,(H,22,27). The van der Waals surface area contributed by atoms with Crippen molar-refractivity contribution in [1.82, 2.24) is 20.1 Å². The van der Waals surface area contributed by atoms with E-state index in [1.165, 1.54) is 11.3 Å². The molecule has 1 amide bonds. The molecule has 0 saturated heterocycles. The van der Waals surface area contributed by atoms with Crippen LogP contribution in [-0.4, -0.2) is 33.8 Å². The highest BCUT2D eigenvalue weighted by Gasteiger charge is 2.16. The topological polar surface area (TPSA) is 63.1 Å². The van der Waals surface area contributed by atoms with Crippen LogP contribution < -0.4 is 10.2 Å². The first-order chi connectivity index (χ1) is 14.2. The van der Waals surface area contributed by atoms with Gasteiger partial charge >= 0.3 is 0 Å². The van der Waals surface area contributed by atoms with Gasteiger partial charge in [-0.15, -0.1) is 11.3 Å². The van der Waals surface area contributed by atoms with Crippen molar-refractivity contribution in [3.05, 3.63) is 64.8 Å². The van der Waals surface area contributed by atoms with Gasteiger partial charge in [0.2, 0.25) is 0 Å². The second-order valence-electron chi connectivity index (χ2n) is 6.60. The predicted octanol–water partition coefficient (Wildman–Crippen LogP) is 4.38. The summed E-state index contributed by atoms with van der Waals surface area (Å²) in [7, 11) is 0. The number of nitrogens with one attached hydrogen (secondary N) is 1. The summed E-state index contributed by atoms with van der Waals surface area (Å²) in [5, 5.41) is 8.35. The van der Waals surface area contributed by atoms with Crippen LogP contribution in [0.5, 0.6) is 0 Å². The Hall–Kier alpha value is -2.71. The smallest absolute Gasteiger partial charge is 0.261 e. The van der Waals surface area contributed by atoms with Gasteiger partial charge in [-0.25, -0.2) is 4.98 Å². The molecular weight excluding hydrogens is 402 g/mol. The summed E-state index contributed by atoms with van der Waals surface area (Å²) in [6.45, 7) is 7.29. The number of anilines is 1. The van der Waals surface area contributed by atoms with Crippen molar-refractivity contribution >= 4 is 43.2 Å². The molecule has 6 nitrogen and oxygen atoms in total. The van der Waals surface area contributed by atoms with Gasteiger partial charge in [-0.05, 0) is 37.1 Å². The Bertz CT molecular complexity index is 1060. The minimum Gasteiger partial charge on any atom is -0.349 e. The molecule has 1 N–H and O–H groups in total. The lowest BCUT2D eigenvalue weighted by Crippen LogP contribution is -2.22. The highest BCUT2D eigenvalue weighted by atomic mass is 32.1. The molecule has 4 aromatic rings. The van der Waals surface area contributed by atoms with Crippen LogP contribution in [0.3, 0.4) is 0 Å². The molecule has 1 aromatic carbocycles. The first-order valence-electron chi connectivity index (χ1n) is 9.65. The van der Waals surface area contributed by atoms with E-state index in [1.807, 2.05) is 41.2 Å². The van der Waals surface area contributed by atoms with E-state index >= 15 is 0 Å². The maximum atomic E-state index is 12.7. The number of aromatic nitrogens is 3. The van der Waals surface area contributed by atoms with Crippen LogP contribution in [0.4, 0.5) is 5.13 Å². The molecule has 0 unspecified atom stereocenters. The molecule has 0 aliphatic rings. The second-order valence-corrected chi connectivity index (χ2v) is 8.64. The lowest BCUT2D eigenvalue weighted by molar-refractivity contribution is 0.0955. The first-order valence-corrected chi connectivity index (χ1v) is 11.3. The van der Waals surface area contributed by atoms with Gasteiger partial charge in [-0.2, -0.15) is 5.10 Å². The Kier molecular flexibility index (Phi) is 5.92. The number of benzene rings is 1. The lowest BCUT2D eigenvalue weighted by Gasteiger charge is -2.16. The molecule has 29 heavy (non-hydrogen) atoms. The molecule has 0 aliphatic carbocycles. The molecule has 0 atom stereocenters. The molecule has 150 valence electrons. The summed E-state index contributed by atoms with van der Waals surface area (Å²) < 4.78 is 2.95. The molecule has 3 heterocycles. The second kappa shape index (κ2) is 8.75. The van der Waals surface area contributed by atoms with Gasteiger partial charge in [0.05, 0.1) is 16.1 Å². The van der Waals surface area contributed by atoms with Crippen molar-refractivity contribution in [3.63, 3.8) is 0 Å². The van der Waals surface area contributed by atoms with Crippen LogP contribution in [-0.2, 0) is 13.1 Å². The third kappa shape index (κ3) is 4.33. The van der Waals surface area contributed by atoms with Gasteiger partial charge in [-0.3, -0.25) is 9.48 Å². The fraction of sp³-hybridized carbons (Fsp3) is 0.286.